The summed E-state index contributed by atoms with van der Waals surface area (Å²) in [5.74, 6) is 0. The minimum Gasteiger partial charge on any atom is -0.361 e. The summed E-state index contributed by atoms with van der Waals surface area (Å²) in [6.45, 7) is 2.07. The fourth-order valence-corrected chi connectivity index (χ4v) is 3.04. The van der Waals surface area contributed by atoms with Crippen molar-refractivity contribution in [2.45, 2.75) is 13.0 Å². The van der Waals surface area contributed by atoms with E-state index in [2.05, 4.69) is 64.3 Å². The van der Waals surface area contributed by atoms with Crippen LogP contribution in [-0.2, 0) is 13.0 Å². The molecule has 0 radical (unpaired) electrons. The van der Waals surface area contributed by atoms with E-state index in [1.54, 1.807) is 0 Å². The van der Waals surface area contributed by atoms with Crippen molar-refractivity contribution < 1.29 is 4.58 Å². The number of benzene rings is 2. The highest BCUT2D eigenvalue weighted by molar-refractivity contribution is 5.83. The number of aromatic amines is 1. The molecule has 1 N–H and O–H groups in total. The third-order valence-corrected chi connectivity index (χ3v) is 4.10. The van der Waals surface area contributed by atoms with Crippen molar-refractivity contribution in [3.63, 3.8) is 0 Å². The van der Waals surface area contributed by atoms with E-state index < -0.39 is 0 Å². The molecule has 0 spiro atoms. The van der Waals surface area contributed by atoms with E-state index >= 15 is 0 Å². The minimum absolute atomic E-state index is 0.976. The zero-order chi connectivity index (χ0) is 13.4. The second kappa shape index (κ2) is 4.64. The van der Waals surface area contributed by atoms with Gasteiger partial charge in [0, 0.05) is 34.6 Å². The lowest BCUT2D eigenvalue weighted by molar-refractivity contribution is -0.539. The van der Waals surface area contributed by atoms with Crippen LogP contribution in [0.1, 0.15) is 16.7 Å². The Hall–Kier alpha value is -2.35. The van der Waals surface area contributed by atoms with Crippen LogP contribution in [0.15, 0.2) is 54.7 Å². The highest BCUT2D eigenvalue weighted by Crippen LogP contribution is 2.19. The number of aromatic nitrogens is 1. The lowest BCUT2D eigenvalue weighted by atomic mass is 10.0. The number of rotatable bonds is 2. The Balaban J connectivity index is 1.70. The summed E-state index contributed by atoms with van der Waals surface area (Å²) in [5.41, 5.74) is 5.43. The molecule has 0 unspecified atom stereocenters. The number of nitrogens with one attached hydrogen (secondary N) is 1. The van der Waals surface area contributed by atoms with Gasteiger partial charge in [0.05, 0.1) is 0 Å². The summed E-state index contributed by atoms with van der Waals surface area (Å²) in [7, 11) is 0. The molecule has 98 valence electrons. The van der Waals surface area contributed by atoms with E-state index in [0.29, 0.717) is 0 Å². The van der Waals surface area contributed by atoms with Crippen molar-refractivity contribution in [3.05, 3.63) is 71.4 Å². The summed E-state index contributed by atoms with van der Waals surface area (Å²) in [4.78, 5) is 3.28. The Morgan fingerprint density at radius 1 is 1.00 bits per heavy atom. The van der Waals surface area contributed by atoms with Crippen LogP contribution in [-0.4, -0.2) is 22.3 Å². The van der Waals surface area contributed by atoms with Gasteiger partial charge in [-0.2, -0.15) is 0 Å². The lowest BCUT2D eigenvalue weighted by Gasteiger charge is -2.12. The van der Waals surface area contributed by atoms with Gasteiger partial charge in [-0.25, -0.2) is 4.58 Å². The average Bonchev–Trinajstić information content (AvgIpc) is 2.97. The fraction of sp³-hybridized carbons (Fsp3) is 0.167. The van der Waals surface area contributed by atoms with Crippen molar-refractivity contribution in [1.82, 2.24) is 4.98 Å². The van der Waals surface area contributed by atoms with Gasteiger partial charge in [-0.3, -0.25) is 0 Å². The topological polar surface area (TPSA) is 18.8 Å². The summed E-state index contributed by atoms with van der Waals surface area (Å²) >= 11 is 0. The van der Waals surface area contributed by atoms with Crippen LogP contribution in [0, 0.1) is 0 Å². The van der Waals surface area contributed by atoms with Gasteiger partial charge >= 0.3 is 0 Å². The Morgan fingerprint density at radius 2 is 1.95 bits per heavy atom. The maximum Gasteiger partial charge on any atom is 0.171 e. The van der Waals surface area contributed by atoms with Gasteiger partial charge < -0.3 is 4.98 Å². The maximum atomic E-state index is 3.28. The quantitative estimate of drug-likeness (QED) is 0.682. The molecule has 20 heavy (non-hydrogen) atoms. The Kier molecular flexibility index (Phi) is 2.66. The highest BCUT2D eigenvalue weighted by atomic mass is 15.0. The highest BCUT2D eigenvalue weighted by Gasteiger charge is 2.16. The van der Waals surface area contributed by atoms with E-state index in [0.717, 1.165) is 19.5 Å². The molecule has 1 aliphatic heterocycles. The van der Waals surface area contributed by atoms with E-state index in [1.807, 2.05) is 6.20 Å². The summed E-state index contributed by atoms with van der Waals surface area (Å²) in [6.07, 6.45) is 5.45. The molecule has 0 saturated carbocycles. The predicted molar refractivity (Wildman–Crippen MR) is 82.4 cm³/mol. The molecule has 0 saturated heterocycles. The van der Waals surface area contributed by atoms with Gasteiger partial charge in [0.25, 0.3) is 0 Å². The zero-order valence-corrected chi connectivity index (χ0v) is 11.3. The second-order valence-electron chi connectivity index (χ2n) is 5.40. The van der Waals surface area contributed by atoms with Crippen molar-refractivity contribution in [1.29, 1.82) is 0 Å². The minimum atomic E-state index is 0.976. The summed E-state index contributed by atoms with van der Waals surface area (Å²) in [5, 5.41) is 1.33. The molecule has 0 fully saturated rings. The number of H-pyrrole nitrogens is 1. The first-order valence-electron chi connectivity index (χ1n) is 7.12. The normalized spacial score (nSPS) is 14.1. The van der Waals surface area contributed by atoms with Crippen LogP contribution in [0.2, 0.25) is 0 Å². The summed E-state index contributed by atoms with van der Waals surface area (Å²) < 4.78 is 2.42. The van der Waals surface area contributed by atoms with Crippen LogP contribution in [0.25, 0.3) is 10.9 Å². The van der Waals surface area contributed by atoms with Crippen molar-refractivity contribution in [2.24, 2.45) is 0 Å². The van der Waals surface area contributed by atoms with Crippen molar-refractivity contribution in [2.75, 3.05) is 6.54 Å². The van der Waals surface area contributed by atoms with Gasteiger partial charge in [-0.1, -0.05) is 30.3 Å². The van der Waals surface area contributed by atoms with Gasteiger partial charge in [-0.15, -0.1) is 0 Å². The first-order chi connectivity index (χ1) is 9.90. The molecule has 0 atom stereocenters. The third-order valence-electron chi connectivity index (χ3n) is 4.10. The molecular formula is C18H17N2+. The number of fused-ring (bicyclic) bond motifs is 2. The summed E-state index contributed by atoms with van der Waals surface area (Å²) in [6, 6.07) is 17.3. The third kappa shape index (κ3) is 1.94. The molecule has 2 aromatic carbocycles. The number of hydrogen-bond acceptors (Lipinski definition) is 0. The van der Waals surface area contributed by atoms with Crippen molar-refractivity contribution in [3.8, 4) is 0 Å². The zero-order valence-electron chi connectivity index (χ0n) is 11.3. The molecule has 0 amide bonds. The molecular weight excluding hydrogens is 244 g/mol. The average molecular weight is 261 g/mol. The Morgan fingerprint density at radius 3 is 2.95 bits per heavy atom. The predicted octanol–water partition coefficient (Wildman–Crippen LogP) is 3.36. The molecule has 1 aliphatic rings. The molecule has 2 nitrogen and oxygen atoms in total. The van der Waals surface area contributed by atoms with E-state index in [-0.39, 0.29) is 0 Å². The largest absolute Gasteiger partial charge is 0.361 e. The first kappa shape index (κ1) is 11.5. The van der Waals surface area contributed by atoms with Crippen LogP contribution in [0.4, 0.5) is 0 Å². The van der Waals surface area contributed by atoms with Crippen LogP contribution in [0.3, 0.4) is 0 Å². The van der Waals surface area contributed by atoms with Crippen molar-refractivity contribution >= 4 is 17.1 Å². The molecule has 0 aliphatic carbocycles. The van der Waals surface area contributed by atoms with E-state index in [1.165, 1.54) is 27.6 Å². The molecule has 3 aromatic rings. The Bertz CT molecular complexity index is 796. The fourth-order valence-electron chi connectivity index (χ4n) is 3.04. The Labute approximate surface area is 118 Å². The molecule has 4 rings (SSSR count). The van der Waals surface area contributed by atoms with Crippen LogP contribution in [0.5, 0.6) is 0 Å². The number of nitrogens with zero attached hydrogens (tertiary/aromatic N) is 1. The monoisotopic (exact) mass is 261 g/mol. The standard InChI is InChI=1S/C18H17N2/c1-2-5-15-12-20(11-9-14(15)4-1)13-16-6-3-7-18-17(16)8-10-19-18/h1-8,10,12,19H,9,11,13H2/q+1. The maximum absolute atomic E-state index is 3.28. The second-order valence-corrected chi connectivity index (χ2v) is 5.40. The SMILES string of the molecule is C1=[N+](Cc2cccc3[nH]ccc23)CCc2ccccc21. The molecule has 0 bridgehead atoms. The smallest absolute Gasteiger partial charge is 0.171 e. The van der Waals surface area contributed by atoms with Gasteiger partial charge in [0.2, 0.25) is 0 Å². The van der Waals surface area contributed by atoms with Crippen LogP contribution >= 0.6 is 0 Å². The molecule has 1 aromatic heterocycles. The lowest BCUT2D eigenvalue weighted by Crippen LogP contribution is -2.22. The number of hydrogen-bond donors (Lipinski definition) is 1. The van der Waals surface area contributed by atoms with E-state index in [4.69, 9.17) is 0 Å². The van der Waals surface area contributed by atoms with Crippen LogP contribution < -0.4 is 0 Å². The van der Waals surface area contributed by atoms with Gasteiger partial charge in [-0.05, 0) is 23.8 Å². The van der Waals surface area contributed by atoms with Gasteiger partial charge in [0.15, 0.2) is 12.8 Å². The first-order valence-corrected chi connectivity index (χ1v) is 7.12. The molecule has 2 heteroatoms. The van der Waals surface area contributed by atoms with Gasteiger partial charge in [0.1, 0.15) is 6.54 Å². The molecule has 2 heterocycles. The van der Waals surface area contributed by atoms with E-state index in [9.17, 15) is 0 Å².